The van der Waals surface area contributed by atoms with Gasteiger partial charge in [0.25, 0.3) is 0 Å². The van der Waals surface area contributed by atoms with Crippen molar-refractivity contribution in [1.29, 1.82) is 0 Å². The molecule has 2 aromatic carbocycles. The van der Waals surface area contributed by atoms with E-state index < -0.39 is 0 Å². The van der Waals surface area contributed by atoms with Gasteiger partial charge in [0.2, 0.25) is 0 Å². The van der Waals surface area contributed by atoms with Crippen LogP contribution in [0.2, 0.25) is 4.82 Å². The molecular weight excluding hydrogens is 327 g/mol. The van der Waals surface area contributed by atoms with Gasteiger partial charge < -0.3 is 0 Å². The van der Waals surface area contributed by atoms with E-state index in [2.05, 4.69) is 12.1 Å². The van der Waals surface area contributed by atoms with Gasteiger partial charge in [-0.2, -0.15) is 0 Å². The first-order chi connectivity index (χ1) is 10.3. The molecule has 0 saturated carbocycles. The van der Waals surface area contributed by atoms with Gasteiger partial charge in [-0.3, -0.25) is 0 Å². The zero-order valence-electron chi connectivity index (χ0n) is 11.6. The number of para-hydroxylation sites is 1. The summed E-state index contributed by atoms with van der Waals surface area (Å²) in [6.07, 6.45) is 3.76. The van der Waals surface area contributed by atoms with Crippen LogP contribution in [0.5, 0.6) is 5.75 Å². The first-order valence-corrected chi connectivity index (χ1v) is 8.86. The van der Waals surface area contributed by atoms with E-state index in [4.69, 9.17) is 4.74 Å². The summed E-state index contributed by atoms with van der Waals surface area (Å²) in [6.45, 7) is 0. The van der Waals surface area contributed by atoms with Crippen molar-refractivity contribution >= 4 is 25.2 Å². The van der Waals surface area contributed by atoms with Gasteiger partial charge in [-0.1, -0.05) is 0 Å². The molecule has 2 aromatic rings. The van der Waals surface area contributed by atoms with Crippen LogP contribution in [0.1, 0.15) is 12.8 Å². The molecule has 0 saturated heterocycles. The molecular formula is C18H16O2Se. The molecule has 0 aliphatic heterocycles. The van der Waals surface area contributed by atoms with E-state index in [1.54, 1.807) is 0 Å². The molecule has 2 nitrogen and oxygen atoms in total. The molecule has 0 amide bonds. The first-order valence-electron chi connectivity index (χ1n) is 7.02. The van der Waals surface area contributed by atoms with Gasteiger partial charge in [-0.05, 0) is 0 Å². The van der Waals surface area contributed by atoms with Gasteiger partial charge in [0.05, 0.1) is 0 Å². The van der Waals surface area contributed by atoms with Crippen LogP contribution in [0.4, 0.5) is 0 Å². The van der Waals surface area contributed by atoms with Crippen molar-refractivity contribution in [2.75, 3.05) is 0 Å². The number of carbonyl (C=O) groups excluding carboxylic acids is 1. The Balaban J connectivity index is 1.70. The number of hydrogen-bond acceptors (Lipinski definition) is 2. The Labute approximate surface area is 131 Å². The summed E-state index contributed by atoms with van der Waals surface area (Å²) in [5.74, 6) is 1.38. The topological polar surface area (TPSA) is 26.3 Å². The van der Waals surface area contributed by atoms with Crippen molar-refractivity contribution < 1.29 is 9.53 Å². The van der Waals surface area contributed by atoms with Crippen molar-refractivity contribution in [2.24, 2.45) is 0 Å². The van der Waals surface area contributed by atoms with Crippen LogP contribution in [-0.2, 0) is 4.79 Å². The van der Waals surface area contributed by atoms with Crippen molar-refractivity contribution in [3.63, 3.8) is 0 Å². The second-order valence-electron chi connectivity index (χ2n) is 4.84. The Morgan fingerprint density at radius 3 is 2.33 bits per heavy atom. The van der Waals surface area contributed by atoms with E-state index in [1.165, 1.54) is 4.46 Å². The molecule has 0 fully saturated rings. The summed E-state index contributed by atoms with van der Waals surface area (Å²) in [5.41, 5.74) is 0. The van der Waals surface area contributed by atoms with Crippen molar-refractivity contribution in [1.82, 2.24) is 0 Å². The van der Waals surface area contributed by atoms with E-state index in [0.717, 1.165) is 18.6 Å². The summed E-state index contributed by atoms with van der Waals surface area (Å²) in [4.78, 5) is 12.6. The van der Waals surface area contributed by atoms with Crippen molar-refractivity contribution in [2.45, 2.75) is 17.7 Å². The predicted molar refractivity (Wildman–Crippen MR) is 85.0 cm³/mol. The summed E-state index contributed by atoms with van der Waals surface area (Å²) in [6, 6.07) is 19.8. The molecule has 1 aliphatic carbocycles. The monoisotopic (exact) mass is 344 g/mol. The Kier molecular flexibility index (Phi) is 4.54. The summed E-state index contributed by atoms with van der Waals surface area (Å²) >= 11 is 0.165. The predicted octanol–water partition coefficient (Wildman–Crippen LogP) is 3.13. The normalized spacial score (nSPS) is 18.2. The van der Waals surface area contributed by atoms with Gasteiger partial charge in [0, 0.05) is 0 Å². The molecule has 0 aromatic heterocycles. The van der Waals surface area contributed by atoms with E-state index in [0.29, 0.717) is 5.76 Å². The molecule has 0 N–H and O–H groups in total. The Hall–Kier alpha value is -1.83. The second kappa shape index (κ2) is 6.75. The third kappa shape index (κ3) is 3.63. The molecule has 21 heavy (non-hydrogen) atoms. The summed E-state index contributed by atoms with van der Waals surface area (Å²) < 4.78 is 7.02. The van der Waals surface area contributed by atoms with Gasteiger partial charge in [0.15, 0.2) is 0 Å². The molecule has 1 unspecified atom stereocenters. The SMILES string of the molecule is O=C1C(Oc2ccccc2)=CCCC1[Se]c1ccccc1. The zero-order valence-corrected chi connectivity index (χ0v) is 13.3. The maximum absolute atomic E-state index is 12.6. The fraction of sp³-hybridized carbons (Fsp3) is 0.167. The average Bonchev–Trinajstić information content (AvgIpc) is 2.53. The first kappa shape index (κ1) is 14.1. The number of hydrogen-bond donors (Lipinski definition) is 0. The average molecular weight is 343 g/mol. The number of rotatable bonds is 4. The Bertz CT molecular complexity index is 635. The van der Waals surface area contributed by atoms with Crippen molar-refractivity contribution in [3.8, 4) is 5.75 Å². The van der Waals surface area contributed by atoms with Gasteiger partial charge in [-0.15, -0.1) is 0 Å². The molecule has 1 aliphatic rings. The molecule has 0 bridgehead atoms. The maximum atomic E-state index is 12.6. The van der Waals surface area contributed by atoms with Crippen LogP contribution >= 0.6 is 0 Å². The third-order valence-electron chi connectivity index (χ3n) is 3.29. The number of carbonyl (C=O) groups is 1. The molecule has 1 atom stereocenters. The number of allylic oxidation sites excluding steroid dienone is 2. The van der Waals surface area contributed by atoms with E-state index in [9.17, 15) is 4.79 Å². The summed E-state index contributed by atoms with van der Waals surface area (Å²) in [7, 11) is 0. The van der Waals surface area contributed by atoms with E-state index in [1.807, 2.05) is 54.6 Å². The van der Waals surface area contributed by atoms with Gasteiger partial charge in [0.1, 0.15) is 0 Å². The molecule has 106 valence electrons. The summed E-state index contributed by atoms with van der Waals surface area (Å²) in [5, 5.41) is 0. The van der Waals surface area contributed by atoms with Crippen LogP contribution in [0.15, 0.2) is 72.5 Å². The van der Waals surface area contributed by atoms with Crippen LogP contribution in [0, 0.1) is 0 Å². The number of Topliss-reactive ketones (excluding diaryl/α,β-unsaturated/α-hetero) is 1. The molecule has 0 radical (unpaired) electrons. The molecule has 3 rings (SSSR count). The van der Waals surface area contributed by atoms with Gasteiger partial charge >= 0.3 is 131 Å². The molecule has 0 spiro atoms. The minimum absolute atomic E-state index is 0.0867. The third-order valence-corrected chi connectivity index (χ3v) is 5.97. The zero-order chi connectivity index (χ0) is 14.5. The van der Waals surface area contributed by atoms with Crippen LogP contribution in [-0.4, -0.2) is 20.7 Å². The van der Waals surface area contributed by atoms with E-state index in [-0.39, 0.29) is 25.6 Å². The molecule has 0 heterocycles. The number of benzene rings is 2. The minimum atomic E-state index is 0.0867. The Morgan fingerprint density at radius 1 is 0.952 bits per heavy atom. The quantitative estimate of drug-likeness (QED) is 0.798. The van der Waals surface area contributed by atoms with Crippen LogP contribution in [0.25, 0.3) is 0 Å². The van der Waals surface area contributed by atoms with E-state index >= 15 is 0 Å². The number of ether oxygens (including phenoxy) is 1. The second-order valence-corrected chi connectivity index (χ2v) is 7.52. The molecule has 3 heteroatoms. The number of ketones is 1. The van der Waals surface area contributed by atoms with Crippen LogP contribution < -0.4 is 9.20 Å². The standard InChI is InChI=1S/C18H16O2Se/c19-18-16(20-14-8-3-1-4-9-14)12-7-13-17(18)21-15-10-5-2-6-11-15/h1-6,8-12,17H,7,13H2. The van der Waals surface area contributed by atoms with Gasteiger partial charge in [-0.25, -0.2) is 0 Å². The fourth-order valence-corrected chi connectivity index (χ4v) is 4.59. The Morgan fingerprint density at radius 2 is 1.62 bits per heavy atom. The van der Waals surface area contributed by atoms with Crippen molar-refractivity contribution in [3.05, 3.63) is 72.5 Å². The van der Waals surface area contributed by atoms with Crippen LogP contribution in [0.3, 0.4) is 0 Å². The fourth-order valence-electron chi connectivity index (χ4n) is 2.24.